The minimum absolute atomic E-state index is 0.0631. The van der Waals surface area contributed by atoms with Crippen LogP contribution in [0, 0.1) is 11.3 Å². The molecule has 0 aliphatic rings. The number of hydrogen-bond acceptors (Lipinski definition) is 10. The van der Waals surface area contributed by atoms with Crippen LogP contribution in [0.5, 0.6) is 0 Å². The zero-order chi connectivity index (χ0) is 19.2. The van der Waals surface area contributed by atoms with Gasteiger partial charge in [-0.3, -0.25) is 4.79 Å². The van der Waals surface area contributed by atoms with Crippen LogP contribution in [0.15, 0.2) is 33.6 Å². The molecule has 0 aliphatic heterocycles. The van der Waals surface area contributed by atoms with Crippen molar-refractivity contribution in [2.45, 2.75) is 18.0 Å². The van der Waals surface area contributed by atoms with Crippen molar-refractivity contribution in [2.24, 2.45) is 0 Å². The number of nitrogen functional groups attached to an aromatic ring is 1. The predicted octanol–water partition coefficient (Wildman–Crippen LogP) is 2.35. The van der Waals surface area contributed by atoms with Crippen LogP contribution in [0.25, 0.3) is 0 Å². The van der Waals surface area contributed by atoms with Gasteiger partial charge in [0.25, 0.3) is 0 Å². The van der Waals surface area contributed by atoms with Gasteiger partial charge in [-0.2, -0.15) is 5.26 Å². The highest BCUT2D eigenvalue weighted by Gasteiger charge is 2.20. The van der Waals surface area contributed by atoms with E-state index in [0.717, 1.165) is 16.2 Å². The summed E-state index contributed by atoms with van der Waals surface area (Å²) in [6.45, 7) is 0.219. The number of thioether (sulfide) groups is 1. The molecular formula is C15H12ClN7O2S2. The fraction of sp³-hybridized carbons (Fsp3) is 0.200. The predicted molar refractivity (Wildman–Crippen MR) is 99.8 cm³/mol. The van der Waals surface area contributed by atoms with E-state index >= 15 is 0 Å². The van der Waals surface area contributed by atoms with Crippen LogP contribution in [0.2, 0.25) is 5.02 Å². The molecule has 9 nitrogen and oxygen atoms in total. The van der Waals surface area contributed by atoms with E-state index in [4.69, 9.17) is 27.0 Å². The summed E-state index contributed by atoms with van der Waals surface area (Å²) < 4.78 is 5.16. The molecule has 0 fully saturated rings. The molecule has 0 unspecified atom stereocenters. The molecule has 2 aromatic heterocycles. The van der Waals surface area contributed by atoms with E-state index in [1.807, 2.05) is 24.3 Å². The van der Waals surface area contributed by atoms with Crippen molar-refractivity contribution >= 4 is 46.6 Å². The number of carbonyl (C=O) groups excluding carboxylic acids is 1. The summed E-state index contributed by atoms with van der Waals surface area (Å²) in [6.07, 6.45) is 0. The molecule has 0 saturated carbocycles. The van der Waals surface area contributed by atoms with Crippen molar-refractivity contribution in [2.75, 3.05) is 11.5 Å². The van der Waals surface area contributed by atoms with Gasteiger partial charge in [-0.1, -0.05) is 40.2 Å². The fourth-order valence-electron chi connectivity index (χ4n) is 2.04. The van der Waals surface area contributed by atoms with E-state index in [1.165, 1.54) is 16.7 Å². The molecular weight excluding hydrogens is 410 g/mol. The van der Waals surface area contributed by atoms with Crippen molar-refractivity contribution in [1.29, 1.82) is 5.26 Å². The van der Waals surface area contributed by atoms with Gasteiger partial charge >= 0.3 is 6.01 Å². The molecule has 1 aromatic carbocycles. The molecule has 3 rings (SSSR count). The van der Waals surface area contributed by atoms with Crippen LogP contribution < -0.4 is 5.73 Å². The van der Waals surface area contributed by atoms with Crippen LogP contribution in [0.1, 0.15) is 15.9 Å². The quantitative estimate of drug-likeness (QED) is 0.570. The van der Waals surface area contributed by atoms with Crippen LogP contribution in [-0.4, -0.2) is 37.0 Å². The third kappa shape index (κ3) is 5.16. The van der Waals surface area contributed by atoms with Gasteiger partial charge in [-0.15, -0.1) is 27.1 Å². The van der Waals surface area contributed by atoms with Crippen LogP contribution in [-0.2, 0) is 17.9 Å². The molecule has 2 heterocycles. The lowest BCUT2D eigenvalue weighted by molar-refractivity contribution is -0.129. The number of halogens is 1. The number of benzene rings is 1. The first-order valence-corrected chi connectivity index (χ1v) is 9.68. The average molecular weight is 422 g/mol. The average Bonchev–Trinajstić information content (AvgIpc) is 3.29. The second-order valence-electron chi connectivity index (χ2n) is 5.12. The summed E-state index contributed by atoms with van der Waals surface area (Å²) in [5, 5.41) is 25.2. The van der Waals surface area contributed by atoms with Gasteiger partial charge in [-0.05, 0) is 12.1 Å². The standard InChI is InChI=1S/C15H12ClN7O2S2/c16-9-3-1-2-4-10(9)26-8-14(24)23(6-11-19-22-15(18)25-11)7-13-21-20-12(5-17)27-13/h1-4H,6-8H2,(H2,18,22). The number of rotatable bonds is 7. The molecule has 0 spiro atoms. The number of aromatic nitrogens is 4. The second kappa shape index (κ2) is 8.81. The fourth-order valence-corrected chi connectivity index (χ4v) is 3.84. The Morgan fingerprint density at radius 1 is 1.30 bits per heavy atom. The lowest BCUT2D eigenvalue weighted by Crippen LogP contribution is -2.31. The Morgan fingerprint density at radius 2 is 2.11 bits per heavy atom. The van der Waals surface area contributed by atoms with Gasteiger partial charge in [0.05, 0.1) is 23.9 Å². The highest BCUT2D eigenvalue weighted by Crippen LogP contribution is 2.27. The number of nitriles is 1. The molecule has 27 heavy (non-hydrogen) atoms. The smallest absolute Gasteiger partial charge is 0.312 e. The molecule has 138 valence electrons. The van der Waals surface area contributed by atoms with Gasteiger partial charge in [0, 0.05) is 4.90 Å². The lowest BCUT2D eigenvalue weighted by Gasteiger charge is -2.19. The zero-order valence-corrected chi connectivity index (χ0v) is 16.1. The topological polar surface area (TPSA) is 135 Å². The molecule has 0 bridgehead atoms. The van der Waals surface area contributed by atoms with E-state index in [1.54, 1.807) is 6.07 Å². The minimum atomic E-state index is -0.189. The van der Waals surface area contributed by atoms with Crippen molar-refractivity contribution in [3.05, 3.63) is 45.2 Å². The Bertz CT molecular complexity index is 984. The number of carbonyl (C=O) groups is 1. The summed E-state index contributed by atoms with van der Waals surface area (Å²) in [4.78, 5) is 15.0. The number of hydrogen-bond donors (Lipinski definition) is 1. The molecule has 12 heteroatoms. The summed E-state index contributed by atoms with van der Waals surface area (Å²) in [5.74, 6) is 0.163. The van der Waals surface area contributed by atoms with Gasteiger partial charge in [0.1, 0.15) is 11.1 Å². The van der Waals surface area contributed by atoms with Crippen molar-refractivity contribution in [3.8, 4) is 6.07 Å². The molecule has 0 radical (unpaired) electrons. The number of amides is 1. The lowest BCUT2D eigenvalue weighted by atomic mass is 10.4. The summed E-state index contributed by atoms with van der Waals surface area (Å²) in [6, 6.07) is 9.12. The van der Waals surface area contributed by atoms with Gasteiger partial charge in [0.2, 0.25) is 16.8 Å². The number of nitrogens with zero attached hydrogens (tertiary/aromatic N) is 6. The third-order valence-corrected chi connectivity index (χ3v) is 5.55. The molecule has 0 atom stereocenters. The largest absolute Gasteiger partial charge is 0.406 e. The van der Waals surface area contributed by atoms with E-state index in [9.17, 15) is 4.79 Å². The number of nitrogens with two attached hydrogens (primary N) is 1. The van der Waals surface area contributed by atoms with Crippen molar-refractivity contribution in [1.82, 2.24) is 25.3 Å². The molecule has 0 aliphatic carbocycles. The third-order valence-electron chi connectivity index (χ3n) is 3.24. The normalized spacial score (nSPS) is 10.5. The number of anilines is 1. The van der Waals surface area contributed by atoms with Gasteiger partial charge < -0.3 is 15.1 Å². The maximum absolute atomic E-state index is 12.8. The monoisotopic (exact) mass is 421 g/mol. The van der Waals surface area contributed by atoms with E-state index in [2.05, 4.69) is 20.4 Å². The maximum Gasteiger partial charge on any atom is 0.312 e. The van der Waals surface area contributed by atoms with E-state index in [-0.39, 0.29) is 41.7 Å². The summed E-state index contributed by atoms with van der Waals surface area (Å²) >= 11 is 8.56. The molecule has 3 aromatic rings. The first kappa shape index (κ1) is 19.1. The first-order valence-electron chi connectivity index (χ1n) is 7.50. The van der Waals surface area contributed by atoms with Crippen LogP contribution in [0.4, 0.5) is 6.01 Å². The Hall–Kier alpha value is -2.68. The second-order valence-corrected chi connectivity index (χ2v) is 7.60. The maximum atomic E-state index is 12.8. The molecule has 0 saturated heterocycles. The van der Waals surface area contributed by atoms with Gasteiger partial charge in [-0.25, -0.2) is 0 Å². The van der Waals surface area contributed by atoms with Crippen molar-refractivity contribution in [3.63, 3.8) is 0 Å². The zero-order valence-electron chi connectivity index (χ0n) is 13.7. The highest BCUT2D eigenvalue weighted by molar-refractivity contribution is 8.00. The Kier molecular flexibility index (Phi) is 6.23. The molecule has 1 amide bonds. The summed E-state index contributed by atoms with van der Waals surface area (Å²) in [7, 11) is 0. The Morgan fingerprint density at radius 3 is 2.78 bits per heavy atom. The molecule has 2 N–H and O–H groups in total. The van der Waals surface area contributed by atoms with Crippen LogP contribution in [0.3, 0.4) is 0 Å². The first-order chi connectivity index (χ1) is 13.0. The van der Waals surface area contributed by atoms with Gasteiger partial charge in [0.15, 0.2) is 0 Å². The SMILES string of the molecule is N#Cc1nnc(CN(Cc2nnc(N)o2)C(=O)CSc2ccccc2Cl)s1. The van der Waals surface area contributed by atoms with Crippen molar-refractivity contribution < 1.29 is 9.21 Å². The summed E-state index contributed by atoms with van der Waals surface area (Å²) in [5.41, 5.74) is 5.44. The highest BCUT2D eigenvalue weighted by atomic mass is 35.5. The minimum Gasteiger partial charge on any atom is -0.406 e. The Balaban J connectivity index is 1.72. The van der Waals surface area contributed by atoms with Crippen LogP contribution >= 0.6 is 34.7 Å². The van der Waals surface area contributed by atoms with E-state index < -0.39 is 0 Å². The van der Waals surface area contributed by atoms with E-state index in [0.29, 0.717) is 10.0 Å². The Labute approximate surface area is 167 Å².